The number of hydrogen-bond acceptors (Lipinski definition) is 1. The lowest BCUT2D eigenvalue weighted by atomic mass is 9.74. The molecule has 2 heteroatoms. The van der Waals surface area contributed by atoms with Crippen molar-refractivity contribution >= 4 is 5.91 Å². The topological polar surface area (TPSA) is 20.3 Å². The third-order valence-corrected chi connectivity index (χ3v) is 3.64. The highest BCUT2D eigenvalue weighted by Crippen LogP contribution is 2.45. The van der Waals surface area contributed by atoms with Crippen LogP contribution in [0.2, 0.25) is 0 Å². The number of hydrogen-bond donors (Lipinski definition) is 0. The Labute approximate surface area is 80.3 Å². The minimum Gasteiger partial charge on any atom is -0.337 e. The number of likely N-dealkylation sites (tertiary alicyclic amines) is 1. The number of amides is 1. The summed E-state index contributed by atoms with van der Waals surface area (Å²) in [5, 5.41) is 0. The van der Waals surface area contributed by atoms with Gasteiger partial charge in [0, 0.05) is 18.0 Å². The Bertz CT molecular complexity index is 218. The van der Waals surface area contributed by atoms with Crippen LogP contribution in [0.4, 0.5) is 0 Å². The zero-order valence-corrected chi connectivity index (χ0v) is 8.68. The van der Waals surface area contributed by atoms with Crippen LogP contribution in [0.1, 0.15) is 46.0 Å². The summed E-state index contributed by atoms with van der Waals surface area (Å²) in [6.07, 6.45) is 6.31. The van der Waals surface area contributed by atoms with E-state index in [2.05, 4.69) is 4.90 Å². The summed E-state index contributed by atoms with van der Waals surface area (Å²) in [4.78, 5) is 14.0. The highest BCUT2D eigenvalue weighted by atomic mass is 16.2. The second-order valence-electron chi connectivity index (χ2n) is 4.83. The first-order chi connectivity index (χ1) is 6.16. The van der Waals surface area contributed by atoms with Gasteiger partial charge in [0.15, 0.2) is 0 Å². The minimum atomic E-state index is 0.176. The summed E-state index contributed by atoms with van der Waals surface area (Å²) in [6, 6.07) is 0. The Morgan fingerprint density at radius 2 is 1.85 bits per heavy atom. The molecule has 1 saturated carbocycles. The number of carbonyl (C=O) groups excluding carboxylic acids is 1. The molecule has 0 aromatic rings. The molecule has 1 aliphatic heterocycles. The van der Waals surface area contributed by atoms with Crippen molar-refractivity contribution < 1.29 is 4.79 Å². The van der Waals surface area contributed by atoms with Gasteiger partial charge in [0.05, 0.1) is 0 Å². The van der Waals surface area contributed by atoms with Crippen LogP contribution < -0.4 is 0 Å². The second-order valence-corrected chi connectivity index (χ2v) is 4.83. The van der Waals surface area contributed by atoms with Gasteiger partial charge in [0.25, 0.3) is 0 Å². The van der Waals surface area contributed by atoms with Crippen molar-refractivity contribution in [1.82, 2.24) is 4.90 Å². The molecule has 0 aromatic carbocycles. The molecule has 74 valence electrons. The van der Waals surface area contributed by atoms with Gasteiger partial charge in [-0.2, -0.15) is 0 Å². The van der Waals surface area contributed by atoms with Crippen molar-refractivity contribution in [3.05, 3.63) is 0 Å². The largest absolute Gasteiger partial charge is 0.337 e. The molecule has 1 spiro atoms. The quantitative estimate of drug-likeness (QED) is 0.607. The Morgan fingerprint density at radius 3 is 2.31 bits per heavy atom. The Balaban J connectivity index is 2.09. The van der Waals surface area contributed by atoms with Crippen LogP contribution in [-0.2, 0) is 4.79 Å². The average molecular weight is 181 g/mol. The van der Waals surface area contributed by atoms with Crippen LogP contribution >= 0.6 is 0 Å². The van der Waals surface area contributed by atoms with Gasteiger partial charge in [-0.05, 0) is 32.1 Å². The summed E-state index contributed by atoms with van der Waals surface area (Å²) < 4.78 is 0. The predicted octanol–water partition coefficient (Wildman–Crippen LogP) is 2.19. The molecule has 0 radical (unpaired) electrons. The van der Waals surface area contributed by atoms with E-state index < -0.39 is 0 Å². The fourth-order valence-electron chi connectivity index (χ4n) is 2.70. The molecule has 2 rings (SSSR count). The van der Waals surface area contributed by atoms with Crippen molar-refractivity contribution in [1.29, 1.82) is 0 Å². The van der Waals surface area contributed by atoms with E-state index in [0.717, 1.165) is 6.54 Å². The van der Waals surface area contributed by atoms with Crippen LogP contribution in [-0.4, -0.2) is 22.9 Å². The lowest BCUT2D eigenvalue weighted by Crippen LogP contribution is -2.53. The fraction of sp³-hybridized carbons (Fsp3) is 0.909. The van der Waals surface area contributed by atoms with Crippen LogP contribution in [0, 0.1) is 5.92 Å². The molecule has 13 heavy (non-hydrogen) atoms. The lowest BCUT2D eigenvalue weighted by Gasteiger charge is -2.46. The molecule has 2 aliphatic rings. The van der Waals surface area contributed by atoms with E-state index >= 15 is 0 Å². The molecule has 2 nitrogen and oxygen atoms in total. The minimum absolute atomic E-state index is 0.176. The molecule has 1 amide bonds. The molecule has 0 bridgehead atoms. The zero-order chi connectivity index (χ0) is 9.47. The molecular weight excluding hydrogens is 162 g/mol. The van der Waals surface area contributed by atoms with E-state index in [-0.39, 0.29) is 5.92 Å². The van der Waals surface area contributed by atoms with Crippen LogP contribution in [0.5, 0.6) is 0 Å². The molecule has 0 N–H and O–H groups in total. The lowest BCUT2D eigenvalue weighted by molar-refractivity contribution is -0.141. The first-order valence-corrected chi connectivity index (χ1v) is 5.47. The third-order valence-electron chi connectivity index (χ3n) is 3.64. The first-order valence-electron chi connectivity index (χ1n) is 5.47. The Morgan fingerprint density at radius 1 is 1.23 bits per heavy atom. The third kappa shape index (κ3) is 1.27. The predicted molar refractivity (Wildman–Crippen MR) is 52.4 cm³/mol. The van der Waals surface area contributed by atoms with Gasteiger partial charge in [-0.3, -0.25) is 4.79 Å². The highest BCUT2D eigenvalue weighted by Gasteiger charge is 2.47. The molecule has 1 saturated heterocycles. The molecule has 1 aliphatic carbocycles. The van der Waals surface area contributed by atoms with Gasteiger partial charge in [-0.1, -0.05) is 13.8 Å². The highest BCUT2D eigenvalue weighted by molar-refractivity contribution is 5.79. The summed E-state index contributed by atoms with van der Waals surface area (Å²) in [5.74, 6) is 0.549. The van der Waals surface area contributed by atoms with Crippen molar-refractivity contribution in [2.24, 2.45) is 5.92 Å². The maximum atomic E-state index is 11.9. The first kappa shape index (κ1) is 9.04. The van der Waals surface area contributed by atoms with Crippen molar-refractivity contribution in [3.63, 3.8) is 0 Å². The fourth-order valence-corrected chi connectivity index (χ4v) is 2.70. The maximum absolute atomic E-state index is 11.9. The van der Waals surface area contributed by atoms with Crippen molar-refractivity contribution in [3.8, 4) is 0 Å². The zero-order valence-electron chi connectivity index (χ0n) is 8.68. The van der Waals surface area contributed by atoms with Crippen LogP contribution in [0.15, 0.2) is 0 Å². The molecular formula is C11H19NO. The van der Waals surface area contributed by atoms with Gasteiger partial charge in [0.1, 0.15) is 0 Å². The molecule has 0 atom stereocenters. The number of nitrogens with zero attached hydrogens (tertiary/aromatic N) is 1. The summed E-state index contributed by atoms with van der Waals surface area (Å²) in [6.45, 7) is 5.02. The standard InChI is InChI=1S/C11H19NO/c1-9(2)10(13)12-8-4-7-11(12)5-3-6-11/h9H,3-8H2,1-2H3. The molecule has 0 unspecified atom stereocenters. The summed E-state index contributed by atoms with van der Waals surface area (Å²) in [7, 11) is 0. The van der Waals surface area contributed by atoms with E-state index in [1.165, 1.54) is 32.1 Å². The molecule has 2 fully saturated rings. The summed E-state index contributed by atoms with van der Waals surface area (Å²) in [5.41, 5.74) is 0.321. The monoisotopic (exact) mass is 181 g/mol. The van der Waals surface area contributed by atoms with E-state index in [9.17, 15) is 4.79 Å². The maximum Gasteiger partial charge on any atom is 0.225 e. The smallest absolute Gasteiger partial charge is 0.225 e. The van der Waals surface area contributed by atoms with Gasteiger partial charge in [0.2, 0.25) is 5.91 Å². The van der Waals surface area contributed by atoms with Gasteiger partial charge in [-0.25, -0.2) is 0 Å². The summed E-state index contributed by atoms with van der Waals surface area (Å²) >= 11 is 0. The van der Waals surface area contributed by atoms with E-state index in [1.807, 2.05) is 13.8 Å². The van der Waals surface area contributed by atoms with Crippen LogP contribution in [0.3, 0.4) is 0 Å². The Hall–Kier alpha value is -0.530. The van der Waals surface area contributed by atoms with Gasteiger partial charge < -0.3 is 4.90 Å². The van der Waals surface area contributed by atoms with E-state index in [4.69, 9.17) is 0 Å². The molecule has 0 aromatic heterocycles. The van der Waals surface area contributed by atoms with E-state index in [0.29, 0.717) is 11.4 Å². The van der Waals surface area contributed by atoms with Gasteiger partial charge in [-0.15, -0.1) is 0 Å². The SMILES string of the molecule is CC(C)C(=O)N1CCCC12CCC2. The van der Waals surface area contributed by atoms with Crippen LogP contribution in [0.25, 0.3) is 0 Å². The normalized spacial score (nSPS) is 25.3. The number of rotatable bonds is 1. The average Bonchev–Trinajstić information content (AvgIpc) is 2.44. The van der Waals surface area contributed by atoms with Crippen molar-refractivity contribution in [2.45, 2.75) is 51.5 Å². The molecule has 1 heterocycles. The second kappa shape index (κ2) is 3.00. The van der Waals surface area contributed by atoms with Gasteiger partial charge >= 0.3 is 0 Å². The van der Waals surface area contributed by atoms with Crippen molar-refractivity contribution in [2.75, 3.05) is 6.54 Å². The Kier molecular flexibility index (Phi) is 2.09. The van der Waals surface area contributed by atoms with E-state index in [1.54, 1.807) is 0 Å². The number of carbonyl (C=O) groups is 1.